The number of para-hydroxylation sites is 1. The van der Waals surface area contributed by atoms with E-state index < -0.39 is 28.0 Å². The Morgan fingerprint density at radius 1 is 1.14 bits per heavy atom. The van der Waals surface area contributed by atoms with Gasteiger partial charge in [0.1, 0.15) is 5.58 Å². The number of hydrogen-bond donors (Lipinski definition) is 3. The zero-order chi connectivity index (χ0) is 21.0. The van der Waals surface area contributed by atoms with Crippen LogP contribution in [0.5, 0.6) is 0 Å². The number of fused-ring (bicyclic) bond motifs is 1. The average molecular weight is 418 g/mol. The Morgan fingerprint density at radius 3 is 2.48 bits per heavy atom. The van der Waals surface area contributed by atoms with E-state index in [4.69, 9.17) is 4.42 Å². The van der Waals surface area contributed by atoms with E-state index in [0.717, 1.165) is 5.39 Å². The lowest BCUT2D eigenvalue weighted by molar-refractivity contribution is -0.384. The number of rotatable bonds is 9. The van der Waals surface area contributed by atoms with Crippen molar-refractivity contribution in [1.82, 2.24) is 4.72 Å². The van der Waals surface area contributed by atoms with Gasteiger partial charge in [0.05, 0.1) is 22.9 Å². The van der Waals surface area contributed by atoms with Crippen molar-refractivity contribution in [3.05, 3.63) is 76.0 Å². The molecule has 9 nitrogen and oxygen atoms in total. The molecule has 29 heavy (non-hydrogen) atoms. The zero-order valence-corrected chi connectivity index (χ0v) is 16.1. The average Bonchev–Trinajstić information content (AvgIpc) is 3.09. The summed E-state index contributed by atoms with van der Waals surface area (Å²) < 4.78 is 32.6. The van der Waals surface area contributed by atoms with E-state index in [9.17, 15) is 28.6 Å². The number of benzene rings is 2. The highest BCUT2D eigenvalue weighted by atomic mass is 32.2. The van der Waals surface area contributed by atoms with Gasteiger partial charge in [-0.15, -0.1) is 0 Å². The maximum atomic E-state index is 12.4. The van der Waals surface area contributed by atoms with E-state index in [2.05, 4.69) is 4.72 Å². The first kappa shape index (κ1) is 21.0. The van der Waals surface area contributed by atoms with Crippen molar-refractivity contribution in [2.24, 2.45) is 0 Å². The predicted octanol–water partition coefficient (Wildman–Crippen LogP) is 1.43. The number of nitro benzene ring substituents is 1. The summed E-state index contributed by atoms with van der Waals surface area (Å²) in [6.45, 7) is 0. The lowest BCUT2D eigenvalue weighted by atomic mass is 9.77. The molecular formula is C18H19BN2O7S. The van der Waals surface area contributed by atoms with Gasteiger partial charge in [0.25, 0.3) is 5.69 Å². The molecule has 3 N–H and O–H groups in total. The minimum Gasteiger partial charge on any atom is -0.464 e. The third-order valence-corrected chi connectivity index (χ3v) is 5.90. The molecule has 0 saturated carbocycles. The molecule has 0 bridgehead atoms. The molecule has 3 rings (SSSR count). The van der Waals surface area contributed by atoms with E-state index in [0.29, 0.717) is 16.7 Å². The molecule has 1 unspecified atom stereocenters. The van der Waals surface area contributed by atoms with Crippen LogP contribution in [-0.2, 0) is 22.9 Å². The number of hydrogen-bond acceptors (Lipinski definition) is 7. The zero-order valence-electron chi connectivity index (χ0n) is 15.3. The number of aryl methyl sites for hydroxylation is 1. The van der Waals surface area contributed by atoms with Crippen LogP contribution in [0.3, 0.4) is 0 Å². The molecule has 0 amide bonds. The number of nitrogens with zero attached hydrogens (tertiary/aromatic N) is 1. The van der Waals surface area contributed by atoms with Crippen molar-refractivity contribution < 1.29 is 27.8 Å². The summed E-state index contributed by atoms with van der Waals surface area (Å²) in [4.78, 5) is 10.1. The molecule has 0 spiro atoms. The van der Waals surface area contributed by atoms with Crippen molar-refractivity contribution in [2.45, 2.75) is 18.8 Å². The highest BCUT2D eigenvalue weighted by Crippen LogP contribution is 2.22. The SMILES string of the molecule is O=[N+]([O-])c1ccc(CCS(=O)(=O)NC(Cc2coc3ccccc23)B(O)O)cc1. The Labute approximate surface area is 167 Å². The summed E-state index contributed by atoms with van der Waals surface area (Å²) in [5, 5.41) is 30.7. The van der Waals surface area contributed by atoms with Crippen molar-refractivity contribution >= 4 is 33.8 Å². The molecule has 0 radical (unpaired) electrons. The smallest absolute Gasteiger partial charge is 0.464 e. The molecule has 0 aliphatic heterocycles. The molecule has 0 aliphatic carbocycles. The summed E-state index contributed by atoms with van der Waals surface area (Å²) in [6.07, 6.45) is 1.62. The summed E-state index contributed by atoms with van der Waals surface area (Å²) >= 11 is 0. The number of furan rings is 1. The maximum absolute atomic E-state index is 12.4. The molecule has 2 aromatic carbocycles. The minimum absolute atomic E-state index is 0.0332. The molecule has 1 aromatic heterocycles. The molecule has 11 heteroatoms. The van der Waals surface area contributed by atoms with Crippen LogP contribution in [-0.4, -0.2) is 42.2 Å². The van der Waals surface area contributed by atoms with Crippen LogP contribution in [0, 0.1) is 10.1 Å². The fourth-order valence-corrected chi connectivity index (χ4v) is 4.25. The maximum Gasteiger partial charge on any atom is 0.471 e. The Morgan fingerprint density at radius 2 is 1.83 bits per heavy atom. The van der Waals surface area contributed by atoms with Crippen LogP contribution < -0.4 is 4.72 Å². The van der Waals surface area contributed by atoms with Gasteiger partial charge in [-0.05, 0) is 30.0 Å². The fourth-order valence-electron chi connectivity index (χ4n) is 2.96. The van der Waals surface area contributed by atoms with Crippen LogP contribution in [0.15, 0.2) is 59.2 Å². The molecule has 0 fully saturated rings. The normalized spacial score (nSPS) is 12.8. The number of non-ortho nitro benzene ring substituents is 1. The fraction of sp³-hybridized carbons (Fsp3) is 0.222. The number of sulfonamides is 1. The lowest BCUT2D eigenvalue weighted by Crippen LogP contribution is -2.48. The van der Waals surface area contributed by atoms with E-state index >= 15 is 0 Å². The van der Waals surface area contributed by atoms with Gasteiger partial charge >= 0.3 is 7.12 Å². The van der Waals surface area contributed by atoms with Crippen LogP contribution in [0.2, 0.25) is 0 Å². The number of nitro groups is 1. The van der Waals surface area contributed by atoms with E-state index in [1.165, 1.54) is 30.5 Å². The summed E-state index contributed by atoms with van der Waals surface area (Å²) in [7, 11) is -5.75. The monoisotopic (exact) mass is 418 g/mol. The Balaban J connectivity index is 1.66. The third kappa shape index (κ3) is 5.42. The third-order valence-electron chi connectivity index (χ3n) is 4.50. The van der Waals surface area contributed by atoms with Gasteiger partial charge in [-0.25, -0.2) is 13.1 Å². The largest absolute Gasteiger partial charge is 0.471 e. The molecule has 3 aromatic rings. The minimum atomic E-state index is -3.84. The van der Waals surface area contributed by atoms with Crippen molar-refractivity contribution in [1.29, 1.82) is 0 Å². The Hall–Kier alpha value is -2.73. The summed E-state index contributed by atoms with van der Waals surface area (Å²) in [5.41, 5.74) is 1.81. The lowest BCUT2D eigenvalue weighted by Gasteiger charge is -2.17. The second kappa shape index (κ2) is 8.74. The standard InChI is InChI=1S/C18H19BN2O7S/c22-19(23)18(11-14-12-28-17-4-2-1-3-16(14)17)20-29(26,27)10-9-13-5-7-15(8-6-13)21(24)25/h1-8,12,18,20,22-23H,9-11H2. The predicted molar refractivity (Wildman–Crippen MR) is 108 cm³/mol. The molecule has 152 valence electrons. The van der Waals surface area contributed by atoms with Crippen molar-refractivity contribution in [2.75, 3.05) is 5.75 Å². The highest BCUT2D eigenvalue weighted by molar-refractivity contribution is 7.89. The number of nitrogens with one attached hydrogen (secondary N) is 1. The van der Waals surface area contributed by atoms with Crippen LogP contribution in [0.25, 0.3) is 11.0 Å². The quantitative estimate of drug-likeness (QED) is 0.271. The molecule has 0 aliphatic rings. The van der Waals surface area contributed by atoms with Gasteiger partial charge in [0, 0.05) is 17.5 Å². The van der Waals surface area contributed by atoms with E-state index in [1.54, 1.807) is 24.3 Å². The molecule has 0 saturated heterocycles. The Kier molecular flexibility index (Phi) is 6.33. The summed E-state index contributed by atoms with van der Waals surface area (Å²) in [6, 6.07) is 12.8. The van der Waals surface area contributed by atoms with Gasteiger partial charge in [0.2, 0.25) is 10.0 Å². The molecule has 1 atom stereocenters. The molecule has 1 heterocycles. The van der Waals surface area contributed by atoms with Crippen LogP contribution in [0.4, 0.5) is 5.69 Å². The first-order valence-electron chi connectivity index (χ1n) is 8.80. The van der Waals surface area contributed by atoms with Crippen LogP contribution >= 0.6 is 0 Å². The van der Waals surface area contributed by atoms with Gasteiger partial charge in [0.15, 0.2) is 0 Å². The first-order valence-corrected chi connectivity index (χ1v) is 10.4. The van der Waals surface area contributed by atoms with Gasteiger partial charge in [-0.1, -0.05) is 30.3 Å². The summed E-state index contributed by atoms with van der Waals surface area (Å²) in [5.74, 6) is -1.46. The highest BCUT2D eigenvalue weighted by Gasteiger charge is 2.29. The van der Waals surface area contributed by atoms with Gasteiger partial charge < -0.3 is 14.5 Å². The second-order valence-electron chi connectivity index (χ2n) is 6.59. The topological polar surface area (TPSA) is 143 Å². The van der Waals surface area contributed by atoms with Gasteiger partial charge in [-0.3, -0.25) is 10.1 Å². The van der Waals surface area contributed by atoms with E-state index in [1.807, 2.05) is 0 Å². The van der Waals surface area contributed by atoms with E-state index in [-0.39, 0.29) is 24.3 Å². The molecular weight excluding hydrogens is 399 g/mol. The Bertz CT molecular complexity index is 1100. The van der Waals surface area contributed by atoms with Crippen molar-refractivity contribution in [3.63, 3.8) is 0 Å². The second-order valence-corrected chi connectivity index (χ2v) is 8.47. The van der Waals surface area contributed by atoms with Crippen LogP contribution in [0.1, 0.15) is 11.1 Å². The van der Waals surface area contributed by atoms with Gasteiger partial charge in [-0.2, -0.15) is 0 Å². The first-order chi connectivity index (χ1) is 13.7. The van der Waals surface area contributed by atoms with Crippen molar-refractivity contribution in [3.8, 4) is 0 Å².